The highest BCUT2D eigenvalue weighted by atomic mass is 32.2. The molecule has 158 valence electrons. The highest BCUT2D eigenvalue weighted by Gasteiger charge is 2.23. The van der Waals surface area contributed by atoms with Gasteiger partial charge in [-0.3, -0.25) is 4.79 Å². The molecule has 0 aromatic heterocycles. The fraction of sp³-hybridized carbons (Fsp3) is 0.409. The van der Waals surface area contributed by atoms with E-state index in [9.17, 15) is 13.2 Å². The zero-order valence-electron chi connectivity index (χ0n) is 16.4. The largest absolute Gasteiger partial charge is 0.480 e. The number of aliphatic hydroxyl groups is 1. The van der Waals surface area contributed by atoms with Crippen molar-refractivity contribution in [2.45, 2.75) is 44.1 Å². The van der Waals surface area contributed by atoms with Gasteiger partial charge in [0.15, 0.2) is 0 Å². The molecule has 1 atom stereocenters. The highest BCUT2D eigenvalue weighted by Crippen LogP contribution is 2.29. The third-order valence-corrected chi connectivity index (χ3v) is 6.32. The van der Waals surface area contributed by atoms with Gasteiger partial charge in [-0.05, 0) is 30.4 Å². The molecule has 2 rings (SSSR count). The van der Waals surface area contributed by atoms with Crippen molar-refractivity contribution in [3.8, 4) is 0 Å². The summed E-state index contributed by atoms with van der Waals surface area (Å²) < 4.78 is 26.4. The maximum Gasteiger partial charge on any atom is 0.321 e. The van der Waals surface area contributed by atoms with Gasteiger partial charge in [0.25, 0.3) is 0 Å². The number of benzene rings is 2. The van der Waals surface area contributed by atoms with Crippen LogP contribution in [0.25, 0.3) is 0 Å². The number of hydrogen-bond donors (Lipinski definition) is 3. The number of unbranched alkanes of at least 4 members (excludes halogenated alkanes) is 2. The Morgan fingerprint density at radius 1 is 0.862 bits per heavy atom. The normalized spacial score (nSPS) is 12.8. The van der Waals surface area contributed by atoms with Gasteiger partial charge < -0.3 is 10.2 Å². The van der Waals surface area contributed by atoms with Crippen LogP contribution in [0.2, 0.25) is 0 Å². The van der Waals surface area contributed by atoms with Crippen LogP contribution in [0.4, 0.5) is 0 Å². The molecule has 29 heavy (non-hydrogen) atoms. The number of aliphatic carboxylic acids is 1. The zero-order chi connectivity index (χ0) is 21.1. The Bertz CT molecular complexity index is 801. The van der Waals surface area contributed by atoms with E-state index in [1.165, 1.54) is 11.1 Å². The molecule has 7 heteroatoms. The molecule has 2 aromatic rings. The van der Waals surface area contributed by atoms with Gasteiger partial charge in [-0.25, -0.2) is 13.1 Å². The first-order valence-corrected chi connectivity index (χ1v) is 11.5. The topological polar surface area (TPSA) is 104 Å². The van der Waals surface area contributed by atoms with Gasteiger partial charge in [-0.1, -0.05) is 73.5 Å². The summed E-state index contributed by atoms with van der Waals surface area (Å²) in [6, 6.07) is 19.2. The Hall–Kier alpha value is -2.22. The molecule has 0 aliphatic heterocycles. The second kappa shape index (κ2) is 11.7. The van der Waals surface area contributed by atoms with Crippen LogP contribution in [0, 0.1) is 0 Å². The van der Waals surface area contributed by atoms with Gasteiger partial charge in [0.2, 0.25) is 10.0 Å². The first kappa shape index (κ1) is 23.1. The summed E-state index contributed by atoms with van der Waals surface area (Å²) in [5.74, 6) is -1.15. The maximum absolute atomic E-state index is 12.1. The summed E-state index contributed by atoms with van der Waals surface area (Å²) >= 11 is 0. The summed E-state index contributed by atoms with van der Waals surface area (Å²) in [4.78, 5) is 11.0. The van der Waals surface area contributed by atoms with Crippen LogP contribution >= 0.6 is 0 Å². The lowest BCUT2D eigenvalue weighted by Crippen LogP contribution is -2.42. The lowest BCUT2D eigenvalue weighted by atomic mass is 9.87. The molecule has 0 fully saturated rings. The van der Waals surface area contributed by atoms with E-state index in [0.717, 1.165) is 19.3 Å². The van der Waals surface area contributed by atoms with Gasteiger partial charge in [-0.2, -0.15) is 0 Å². The molecule has 0 aliphatic rings. The minimum Gasteiger partial charge on any atom is -0.480 e. The molecule has 0 spiro atoms. The van der Waals surface area contributed by atoms with Crippen LogP contribution in [0.5, 0.6) is 0 Å². The molecule has 0 aliphatic carbocycles. The standard InChI is InChI=1S/C22H29NO5S/c24-16-15-21(22(25)26)23-29(27,28)17-9-3-8-14-20(18-10-4-1-5-11-18)19-12-6-2-7-13-19/h1-2,4-7,10-13,20-21,23-24H,3,8-9,14-17H2,(H,25,26)/t21-/m0/s1. The minimum atomic E-state index is -3.69. The molecule has 0 unspecified atom stereocenters. The number of carbonyl (C=O) groups is 1. The van der Waals surface area contributed by atoms with Crippen molar-refractivity contribution in [1.82, 2.24) is 4.72 Å². The Kier molecular flexibility index (Phi) is 9.31. The van der Waals surface area contributed by atoms with Gasteiger partial charge in [0, 0.05) is 12.5 Å². The first-order valence-electron chi connectivity index (χ1n) is 9.86. The fourth-order valence-corrected chi connectivity index (χ4v) is 4.71. The van der Waals surface area contributed by atoms with E-state index >= 15 is 0 Å². The monoisotopic (exact) mass is 419 g/mol. The quantitative estimate of drug-likeness (QED) is 0.433. The van der Waals surface area contributed by atoms with E-state index < -0.39 is 22.0 Å². The average Bonchev–Trinajstić information content (AvgIpc) is 2.71. The van der Waals surface area contributed by atoms with Crippen LogP contribution in [0.15, 0.2) is 60.7 Å². The number of sulfonamides is 1. The molecule has 6 nitrogen and oxygen atoms in total. The third-order valence-electron chi connectivity index (χ3n) is 4.85. The van der Waals surface area contributed by atoms with Crippen molar-refractivity contribution in [3.05, 3.63) is 71.8 Å². The highest BCUT2D eigenvalue weighted by molar-refractivity contribution is 7.89. The second-order valence-electron chi connectivity index (χ2n) is 7.06. The van der Waals surface area contributed by atoms with Crippen LogP contribution in [-0.4, -0.2) is 43.0 Å². The van der Waals surface area contributed by atoms with Crippen molar-refractivity contribution in [2.75, 3.05) is 12.4 Å². The number of hydrogen-bond acceptors (Lipinski definition) is 4. The van der Waals surface area contributed by atoms with Crippen molar-refractivity contribution < 1.29 is 23.4 Å². The molecular weight excluding hydrogens is 390 g/mol. The zero-order valence-corrected chi connectivity index (χ0v) is 17.2. The molecule has 0 bridgehead atoms. The lowest BCUT2D eigenvalue weighted by molar-refractivity contribution is -0.139. The SMILES string of the molecule is O=C(O)[C@H](CCO)NS(=O)(=O)CCCCCC(c1ccccc1)c1ccccc1. The van der Waals surface area contributed by atoms with E-state index in [4.69, 9.17) is 10.2 Å². The van der Waals surface area contributed by atoms with Gasteiger partial charge in [0.05, 0.1) is 5.75 Å². The van der Waals surface area contributed by atoms with E-state index in [0.29, 0.717) is 6.42 Å². The van der Waals surface area contributed by atoms with Gasteiger partial charge >= 0.3 is 5.97 Å². The molecule has 0 radical (unpaired) electrons. The van der Waals surface area contributed by atoms with Crippen molar-refractivity contribution in [1.29, 1.82) is 0 Å². The summed E-state index contributed by atoms with van der Waals surface area (Å²) in [5.41, 5.74) is 2.47. The number of rotatable bonds is 13. The number of aliphatic hydroxyl groups excluding tert-OH is 1. The number of carboxylic acids is 1. The summed E-state index contributed by atoms with van der Waals surface area (Å²) in [6.07, 6.45) is 2.81. The Morgan fingerprint density at radius 2 is 1.41 bits per heavy atom. The second-order valence-corrected chi connectivity index (χ2v) is 8.94. The molecule has 0 saturated carbocycles. The van der Waals surface area contributed by atoms with E-state index in [2.05, 4.69) is 29.0 Å². The van der Waals surface area contributed by atoms with Crippen molar-refractivity contribution in [3.63, 3.8) is 0 Å². The third kappa shape index (κ3) is 7.97. The van der Waals surface area contributed by atoms with Crippen LogP contribution in [0.3, 0.4) is 0 Å². The van der Waals surface area contributed by atoms with Crippen LogP contribution in [-0.2, 0) is 14.8 Å². The van der Waals surface area contributed by atoms with Crippen LogP contribution in [0.1, 0.15) is 49.1 Å². The Labute approximate surface area is 172 Å². The minimum absolute atomic E-state index is 0.121. The lowest BCUT2D eigenvalue weighted by Gasteiger charge is -2.18. The molecule has 0 saturated heterocycles. The molecule has 0 amide bonds. The number of carboxylic acid groups (broad SMARTS) is 1. The smallest absolute Gasteiger partial charge is 0.321 e. The fourth-order valence-electron chi connectivity index (χ4n) is 3.35. The average molecular weight is 420 g/mol. The molecule has 2 aromatic carbocycles. The predicted molar refractivity (Wildman–Crippen MR) is 113 cm³/mol. The number of nitrogens with one attached hydrogen (secondary N) is 1. The van der Waals surface area contributed by atoms with E-state index in [-0.39, 0.29) is 24.7 Å². The molecule has 3 N–H and O–H groups in total. The maximum atomic E-state index is 12.1. The molecule has 0 heterocycles. The summed E-state index contributed by atoms with van der Waals surface area (Å²) in [7, 11) is -3.69. The van der Waals surface area contributed by atoms with Crippen molar-refractivity contribution >= 4 is 16.0 Å². The van der Waals surface area contributed by atoms with Gasteiger partial charge in [-0.15, -0.1) is 0 Å². The van der Waals surface area contributed by atoms with E-state index in [1.54, 1.807) is 0 Å². The van der Waals surface area contributed by atoms with E-state index in [1.807, 2.05) is 36.4 Å². The van der Waals surface area contributed by atoms with Gasteiger partial charge in [0.1, 0.15) is 6.04 Å². The van der Waals surface area contributed by atoms with Crippen molar-refractivity contribution in [2.24, 2.45) is 0 Å². The Balaban J connectivity index is 1.86. The summed E-state index contributed by atoms with van der Waals surface area (Å²) in [5, 5.41) is 17.9. The molecular formula is C22H29NO5S. The predicted octanol–water partition coefficient (Wildman–Crippen LogP) is 3.13. The van der Waals surface area contributed by atoms with Crippen LogP contribution < -0.4 is 4.72 Å². The first-order chi connectivity index (χ1) is 13.9. The Morgan fingerprint density at radius 3 is 1.90 bits per heavy atom. The summed E-state index contributed by atoms with van der Waals surface area (Å²) in [6.45, 7) is -0.389.